The minimum Gasteiger partial charge on any atom is -0.508 e. The Labute approximate surface area is 343 Å². The maximum Gasteiger partial charge on any atom is 0.307 e. The first-order valence-corrected chi connectivity index (χ1v) is 20.5. The molecule has 3 saturated heterocycles. The summed E-state index contributed by atoms with van der Waals surface area (Å²) in [5.41, 5.74) is 2.86. The summed E-state index contributed by atoms with van der Waals surface area (Å²) in [6, 6.07) is 14.2. The third-order valence-electron chi connectivity index (χ3n) is 12.1. The van der Waals surface area contributed by atoms with E-state index < -0.39 is 35.7 Å². The molecule has 0 bridgehead atoms. The predicted molar refractivity (Wildman–Crippen MR) is 216 cm³/mol. The highest BCUT2D eigenvalue weighted by Crippen LogP contribution is 2.30. The number of carbonyl (C=O) groups is 4. The average molecular weight is 817 g/mol. The van der Waals surface area contributed by atoms with Crippen LogP contribution in [-0.2, 0) is 51.4 Å². The highest BCUT2D eigenvalue weighted by atomic mass is 16.5. The molecule has 3 aliphatic heterocycles. The molecular formula is C44H56N4O11. The number of nitrogens with one attached hydrogen (secondary N) is 3. The van der Waals surface area contributed by atoms with Crippen molar-refractivity contribution in [2.75, 3.05) is 52.4 Å². The Balaban J connectivity index is 1.21. The largest absolute Gasteiger partial charge is 0.508 e. The van der Waals surface area contributed by atoms with Gasteiger partial charge in [-0.05, 0) is 160 Å². The fourth-order valence-corrected chi connectivity index (χ4v) is 9.02. The molecule has 59 heavy (non-hydrogen) atoms. The number of rotatable bonds is 20. The number of aliphatic carboxylic acids is 3. The summed E-state index contributed by atoms with van der Waals surface area (Å²) in [5.74, 6) is -5.19. The van der Waals surface area contributed by atoms with Crippen molar-refractivity contribution in [1.82, 2.24) is 20.9 Å². The van der Waals surface area contributed by atoms with Crippen LogP contribution in [0.25, 0.3) is 0 Å². The zero-order valence-electron chi connectivity index (χ0n) is 33.1. The van der Waals surface area contributed by atoms with Gasteiger partial charge in [0, 0.05) is 12.6 Å². The van der Waals surface area contributed by atoms with Crippen LogP contribution in [0.4, 0.5) is 0 Å². The molecule has 15 nitrogen and oxygen atoms in total. The van der Waals surface area contributed by atoms with E-state index in [4.69, 9.17) is 4.74 Å². The van der Waals surface area contributed by atoms with Gasteiger partial charge in [0.15, 0.2) is 0 Å². The molecule has 0 aromatic heterocycles. The standard InChI is InChI=1S/C44H56N4O11/c49-34-11-26(17-38(42(53)54)31-1-4-45-22-31)9-28(13-34)20-41(52)48(25-30-10-27(12-35(50)15-30)18-39(43(55)56)32-2-5-46-23-32)7-8-59-37-16-29(14-36(51)21-37)19-40(44(57)58)33-3-6-47-24-33/h9-16,21,31-33,38-40,45-47,49-51H,1-8,17-20,22-25H2,(H,53,54)(H,55,56)(H,57,58). The summed E-state index contributed by atoms with van der Waals surface area (Å²) in [7, 11) is 0. The van der Waals surface area contributed by atoms with Crippen LogP contribution in [0.15, 0.2) is 54.6 Å². The molecular weight excluding hydrogens is 761 g/mol. The molecule has 3 aromatic carbocycles. The van der Waals surface area contributed by atoms with Crippen LogP contribution in [0, 0.1) is 35.5 Å². The van der Waals surface area contributed by atoms with Crippen LogP contribution < -0.4 is 20.7 Å². The molecule has 9 N–H and O–H groups in total. The first kappa shape index (κ1) is 43.2. The summed E-state index contributed by atoms with van der Waals surface area (Å²) >= 11 is 0. The van der Waals surface area contributed by atoms with Crippen molar-refractivity contribution in [3.8, 4) is 23.0 Å². The molecule has 6 unspecified atom stereocenters. The van der Waals surface area contributed by atoms with Crippen LogP contribution in [-0.4, -0.2) is 112 Å². The van der Waals surface area contributed by atoms with Crippen molar-refractivity contribution in [1.29, 1.82) is 0 Å². The number of carbonyl (C=O) groups excluding carboxylic acids is 1. The van der Waals surface area contributed by atoms with Crippen molar-refractivity contribution in [2.24, 2.45) is 35.5 Å². The lowest BCUT2D eigenvalue weighted by molar-refractivity contribution is -0.144. The highest BCUT2D eigenvalue weighted by Gasteiger charge is 2.33. The third-order valence-corrected chi connectivity index (χ3v) is 12.1. The van der Waals surface area contributed by atoms with Crippen LogP contribution in [0.2, 0.25) is 0 Å². The summed E-state index contributed by atoms with van der Waals surface area (Å²) in [5, 5.41) is 71.6. The molecule has 6 atom stereocenters. The topological polar surface area (TPSA) is 238 Å². The van der Waals surface area contributed by atoms with Gasteiger partial charge in [0.1, 0.15) is 29.6 Å². The van der Waals surface area contributed by atoms with E-state index in [9.17, 15) is 49.8 Å². The van der Waals surface area contributed by atoms with E-state index in [1.165, 1.54) is 41.3 Å². The minimum absolute atomic E-state index is 0.0218. The first-order chi connectivity index (χ1) is 28.3. The number of nitrogens with zero attached hydrogens (tertiary/aromatic N) is 1. The van der Waals surface area contributed by atoms with E-state index in [0.717, 1.165) is 38.9 Å². The minimum atomic E-state index is -0.919. The predicted octanol–water partition coefficient (Wildman–Crippen LogP) is 3.01. The number of carboxylic acid groups (broad SMARTS) is 3. The Bertz CT molecular complexity index is 1960. The fourth-order valence-electron chi connectivity index (χ4n) is 9.02. The lowest BCUT2D eigenvalue weighted by Gasteiger charge is -2.25. The Morgan fingerprint density at radius 1 is 0.576 bits per heavy atom. The smallest absolute Gasteiger partial charge is 0.307 e. The molecule has 6 rings (SSSR count). The van der Waals surface area contributed by atoms with Gasteiger partial charge in [0.05, 0.1) is 30.7 Å². The van der Waals surface area contributed by atoms with Gasteiger partial charge < -0.3 is 56.2 Å². The normalized spacial score (nSPS) is 20.5. The number of hydrogen-bond acceptors (Lipinski definition) is 11. The Hall–Kier alpha value is -5.38. The molecule has 3 aliphatic rings. The molecule has 3 heterocycles. The van der Waals surface area contributed by atoms with Crippen LogP contribution in [0.3, 0.4) is 0 Å². The van der Waals surface area contributed by atoms with Gasteiger partial charge in [-0.2, -0.15) is 0 Å². The number of aromatic hydroxyl groups is 3. The monoisotopic (exact) mass is 816 g/mol. The molecule has 0 radical (unpaired) electrons. The second-order valence-electron chi connectivity index (χ2n) is 16.4. The number of phenolic OH excluding ortho intramolecular Hbond substituents is 3. The molecule has 318 valence electrons. The fraction of sp³-hybridized carbons (Fsp3) is 0.500. The number of benzene rings is 3. The summed E-state index contributed by atoms with van der Waals surface area (Å²) in [6.07, 6.45) is 2.64. The molecule has 15 heteroatoms. The Morgan fingerprint density at radius 3 is 1.42 bits per heavy atom. The van der Waals surface area contributed by atoms with Gasteiger partial charge >= 0.3 is 17.9 Å². The van der Waals surface area contributed by atoms with Gasteiger partial charge in [0.2, 0.25) is 5.91 Å². The zero-order valence-corrected chi connectivity index (χ0v) is 33.1. The molecule has 0 aliphatic carbocycles. The van der Waals surface area contributed by atoms with Gasteiger partial charge in [-0.1, -0.05) is 12.1 Å². The number of phenols is 3. The lowest BCUT2D eigenvalue weighted by atomic mass is 9.85. The van der Waals surface area contributed by atoms with E-state index in [-0.39, 0.29) is 86.3 Å². The van der Waals surface area contributed by atoms with Crippen molar-refractivity contribution >= 4 is 23.8 Å². The molecule has 1 amide bonds. The molecule has 3 aromatic rings. The number of hydrogen-bond donors (Lipinski definition) is 9. The first-order valence-electron chi connectivity index (χ1n) is 20.5. The van der Waals surface area contributed by atoms with E-state index in [1.807, 2.05) is 0 Å². The summed E-state index contributed by atoms with van der Waals surface area (Å²) in [4.78, 5) is 52.4. The SMILES string of the molecule is O=C(O)C(Cc1cc(O)cc(CC(=O)N(CCOc2cc(O)cc(CC(C(=O)O)C3CCNC3)c2)Cc2cc(O)cc(CC(C(=O)O)C3CCNC3)c2)c1)C1CCNC1. The van der Waals surface area contributed by atoms with Gasteiger partial charge in [-0.3, -0.25) is 19.2 Å². The van der Waals surface area contributed by atoms with Crippen LogP contribution in [0.5, 0.6) is 23.0 Å². The Kier molecular flexibility index (Phi) is 14.7. The van der Waals surface area contributed by atoms with Crippen LogP contribution >= 0.6 is 0 Å². The molecule has 0 spiro atoms. The maximum atomic E-state index is 14.2. The number of ether oxygens (including phenoxy) is 1. The number of amides is 1. The molecule has 0 saturated carbocycles. The van der Waals surface area contributed by atoms with Crippen molar-refractivity contribution in [3.05, 3.63) is 82.4 Å². The van der Waals surface area contributed by atoms with E-state index in [0.29, 0.717) is 53.2 Å². The second-order valence-corrected chi connectivity index (χ2v) is 16.4. The van der Waals surface area contributed by atoms with Gasteiger partial charge in [-0.25, -0.2) is 0 Å². The Morgan fingerprint density at radius 2 is 0.983 bits per heavy atom. The summed E-state index contributed by atoms with van der Waals surface area (Å²) < 4.78 is 6.07. The van der Waals surface area contributed by atoms with Gasteiger partial charge in [-0.15, -0.1) is 0 Å². The van der Waals surface area contributed by atoms with E-state index in [1.54, 1.807) is 18.2 Å². The lowest BCUT2D eigenvalue weighted by Crippen LogP contribution is -2.35. The van der Waals surface area contributed by atoms with Crippen molar-refractivity contribution in [3.63, 3.8) is 0 Å². The zero-order chi connectivity index (χ0) is 42.1. The third kappa shape index (κ3) is 12.1. The van der Waals surface area contributed by atoms with E-state index >= 15 is 0 Å². The maximum absolute atomic E-state index is 14.2. The average Bonchev–Trinajstić information content (AvgIpc) is 3.99. The van der Waals surface area contributed by atoms with Crippen molar-refractivity contribution < 1.29 is 54.6 Å². The molecule has 3 fully saturated rings. The quantitative estimate of drug-likeness (QED) is 0.0798. The van der Waals surface area contributed by atoms with E-state index in [2.05, 4.69) is 16.0 Å². The van der Waals surface area contributed by atoms with Crippen molar-refractivity contribution in [2.45, 2.75) is 51.5 Å². The summed E-state index contributed by atoms with van der Waals surface area (Å²) in [6.45, 7) is 4.06. The number of carboxylic acids is 3. The second kappa shape index (κ2) is 20.1. The van der Waals surface area contributed by atoms with Crippen LogP contribution in [0.1, 0.15) is 47.1 Å². The van der Waals surface area contributed by atoms with Gasteiger partial charge in [0.25, 0.3) is 0 Å². The highest BCUT2D eigenvalue weighted by molar-refractivity contribution is 5.79.